The minimum Gasteiger partial charge on any atom is -0.445 e. The molecule has 104 valence electrons. The number of hydrogen-bond donors (Lipinski definition) is 1. The first-order valence-corrected chi connectivity index (χ1v) is 6.80. The Morgan fingerprint density at radius 2 is 2.21 bits per heavy atom. The van der Waals surface area contributed by atoms with Crippen molar-refractivity contribution in [1.82, 2.24) is 4.90 Å². The fourth-order valence-electron chi connectivity index (χ4n) is 2.38. The Balaban J connectivity index is 1.83. The number of nitrogens with zero attached hydrogens (tertiary/aromatic N) is 1. The molecule has 4 nitrogen and oxygen atoms in total. The number of amides is 1. The molecule has 1 aliphatic heterocycles. The molecule has 0 saturated carbocycles. The largest absolute Gasteiger partial charge is 0.445 e. The highest BCUT2D eigenvalue weighted by atomic mass is 16.6. The van der Waals surface area contributed by atoms with Gasteiger partial charge in [0.1, 0.15) is 6.61 Å². The number of aliphatic hydroxyl groups is 1. The van der Waals surface area contributed by atoms with E-state index in [2.05, 4.69) is 0 Å². The Kier molecular flexibility index (Phi) is 4.80. The van der Waals surface area contributed by atoms with Gasteiger partial charge in [0, 0.05) is 19.0 Å². The van der Waals surface area contributed by atoms with Gasteiger partial charge in [-0.2, -0.15) is 0 Å². The number of ether oxygens (including phenoxy) is 1. The first-order chi connectivity index (χ1) is 9.16. The van der Waals surface area contributed by atoms with E-state index in [1.54, 1.807) is 11.8 Å². The van der Waals surface area contributed by atoms with Crippen LogP contribution in [0, 0.1) is 5.92 Å². The average Bonchev–Trinajstić information content (AvgIpc) is 2.46. The van der Waals surface area contributed by atoms with E-state index < -0.39 is 0 Å². The fraction of sp³-hybridized carbons (Fsp3) is 0.533. The van der Waals surface area contributed by atoms with Gasteiger partial charge in [-0.25, -0.2) is 4.79 Å². The second-order valence-corrected chi connectivity index (χ2v) is 5.13. The van der Waals surface area contributed by atoms with Crippen LogP contribution in [-0.2, 0) is 11.3 Å². The smallest absolute Gasteiger partial charge is 0.410 e. The van der Waals surface area contributed by atoms with Crippen LogP contribution < -0.4 is 0 Å². The van der Waals surface area contributed by atoms with Gasteiger partial charge in [0.05, 0.1) is 6.10 Å². The molecule has 1 saturated heterocycles. The third-order valence-corrected chi connectivity index (χ3v) is 3.60. The molecule has 1 aliphatic rings. The summed E-state index contributed by atoms with van der Waals surface area (Å²) in [6.45, 7) is 3.39. The van der Waals surface area contributed by atoms with Gasteiger partial charge < -0.3 is 14.7 Å². The van der Waals surface area contributed by atoms with Crippen molar-refractivity contribution in [2.24, 2.45) is 5.92 Å². The summed E-state index contributed by atoms with van der Waals surface area (Å²) in [7, 11) is 0. The molecule has 1 aromatic carbocycles. The Morgan fingerprint density at radius 1 is 1.47 bits per heavy atom. The standard InChI is InChI=1S/C15H21NO3/c1-12(17)14-8-5-9-16(10-14)15(18)19-11-13-6-3-2-4-7-13/h2-4,6-7,12,14,17H,5,8-11H2,1H3/t12?,14-/m0/s1. The molecule has 19 heavy (non-hydrogen) atoms. The van der Waals surface area contributed by atoms with Crippen LogP contribution in [0.15, 0.2) is 30.3 Å². The van der Waals surface area contributed by atoms with Gasteiger partial charge in [0.25, 0.3) is 0 Å². The maximum absolute atomic E-state index is 12.0. The number of hydrogen-bond acceptors (Lipinski definition) is 3. The van der Waals surface area contributed by atoms with Gasteiger partial charge in [-0.3, -0.25) is 0 Å². The van der Waals surface area contributed by atoms with Crippen molar-refractivity contribution >= 4 is 6.09 Å². The third-order valence-electron chi connectivity index (χ3n) is 3.60. The number of benzene rings is 1. The number of carbonyl (C=O) groups is 1. The second kappa shape index (κ2) is 6.57. The molecule has 4 heteroatoms. The summed E-state index contributed by atoms with van der Waals surface area (Å²) in [5, 5.41) is 9.61. The van der Waals surface area contributed by atoms with E-state index in [0.717, 1.165) is 24.9 Å². The molecule has 0 aromatic heterocycles. The van der Waals surface area contributed by atoms with Crippen LogP contribution in [0.3, 0.4) is 0 Å². The Bertz CT molecular complexity index is 405. The maximum Gasteiger partial charge on any atom is 0.410 e. The molecule has 1 fully saturated rings. The van der Waals surface area contributed by atoms with Crippen molar-refractivity contribution in [1.29, 1.82) is 0 Å². The molecule has 0 radical (unpaired) electrons. The van der Waals surface area contributed by atoms with E-state index in [9.17, 15) is 9.90 Å². The highest BCUT2D eigenvalue weighted by Gasteiger charge is 2.27. The summed E-state index contributed by atoms with van der Waals surface area (Å²) in [4.78, 5) is 13.7. The first-order valence-electron chi connectivity index (χ1n) is 6.80. The van der Waals surface area contributed by atoms with E-state index in [4.69, 9.17) is 4.74 Å². The van der Waals surface area contributed by atoms with Crippen LogP contribution in [0.4, 0.5) is 4.79 Å². The van der Waals surface area contributed by atoms with Crippen LogP contribution >= 0.6 is 0 Å². The molecule has 1 unspecified atom stereocenters. The molecular formula is C15H21NO3. The molecule has 1 amide bonds. The second-order valence-electron chi connectivity index (χ2n) is 5.13. The number of aliphatic hydroxyl groups excluding tert-OH is 1. The van der Waals surface area contributed by atoms with E-state index in [0.29, 0.717) is 13.2 Å². The van der Waals surface area contributed by atoms with Gasteiger partial charge in [-0.1, -0.05) is 30.3 Å². The van der Waals surface area contributed by atoms with Crippen molar-refractivity contribution in [3.05, 3.63) is 35.9 Å². The lowest BCUT2D eigenvalue weighted by molar-refractivity contribution is 0.0450. The van der Waals surface area contributed by atoms with Crippen molar-refractivity contribution < 1.29 is 14.6 Å². The van der Waals surface area contributed by atoms with Crippen molar-refractivity contribution in [2.45, 2.75) is 32.5 Å². The van der Waals surface area contributed by atoms with Gasteiger partial charge in [-0.05, 0) is 25.3 Å². The molecule has 2 rings (SSSR count). The van der Waals surface area contributed by atoms with Crippen LogP contribution in [-0.4, -0.2) is 35.3 Å². The van der Waals surface area contributed by atoms with E-state index in [-0.39, 0.29) is 18.1 Å². The third kappa shape index (κ3) is 3.96. The van der Waals surface area contributed by atoms with Crippen LogP contribution in [0.25, 0.3) is 0 Å². The SMILES string of the molecule is CC(O)[C@H]1CCCN(C(=O)OCc2ccccc2)C1. The highest BCUT2D eigenvalue weighted by molar-refractivity contribution is 5.67. The van der Waals surface area contributed by atoms with Crippen molar-refractivity contribution in [3.63, 3.8) is 0 Å². The number of likely N-dealkylation sites (tertiary alicyclic amines) is 1. The first kappa shape index (κ1) is 13.9. The van der Waals surface area contributed by atoms with Crippen molar-refractivity contribution in [2.75, 3.05) is 13.1 Å². The lowest BCUT2D eigenvalue weighted by Crippen LogP contribution is -2.43. The lowest BCUT2D eigenvalue weighted by Gasteiger charge is -2.33. The fourth-order valence-corrected chi connectivity index (χ4v) is 2.38. The molecule has 1 heterocycles. The van der Waals surface area contributed by atoms with Gasteiger partial charge >= 0.3 is 6.09 Å². The van der Waals surface area contributed by atoms with Gasteiger partial charge in [-0.15, -0.1) is 0 Å². The highest BCUT2D eigenvalue weighted by Crippen LogP contribution is 2.20. The van der Waals surface area contributed by atoms with Crippen LogP contribution in [0.2, 0.25) is 0 Å². The molecule has 0 aliphatic carbocycles. The predicted octanol–water partition coefficient (Wildman–Crippen LogP) is 2.42. The Morgan fingerprint density at radius 3 is 2.89 bits per heavy atom. The Labute approximate surface area is 114 Å². The number of carbonyl (C=O) groups excluding carboxylic acids is 1. The Hall–Kier alpha value is -1.55. The summed E-state index contributed by atoms with van der Waals surface area (Å²) >= 11 is 0. The summed E-state index contributed by atoms with van der Waals surface area (Å²) in [5.74, 6) is 0.165. The molecular weight excluding hydrogens is 242 g/mol. The molecule has 2 atom stereocenters. The zero-order valence-corrected chi connectivity index (χ0v) is 11.3. The zero-order chi connectivity index (χ0) is 13.7. The zero-order valence-electron chi connectivity index (χ0n) is 11.3. The summed E-state index contributed by atoms with van der Waals surface area (Å²) < 4.78 is 5.30. The monoisotopic (exact) mass is 263 g/mol. The summed E-state index contributed by atoms with van der Waals surface area (Å²) in [6.07, 6.45) is 1.25. The normalized spacial score (nSPS) is 20.9. The molecule has 0 bridgehead atoms. The van der Waals surface area contributed by atoms with Gasteiger partial charge in [0.15, 0.2) is 0 Å². The number of rotatable bonds is 3. The maximum atomic E-state index is 12.0. The number of piperidine rings is 1. The van der Waals surface area contributed by atoms with Crippen LogP contribution in [0.5, 0.6) is 0 Å². The van der Waals surface area contributed by atoms with E-state index in [1.165, 1.54) is 0 Å². The minimum absolute atomic E-state index is 0.165. The quantitative estimate of drug-likeness (QED) is 0.911. The minimum atomic E-state index is -0.371. The van der Waals surface area contributed by atoms with Gasteiger partial charge in [0.2, 0.25) is 0 Å². The molecule has 1 N–H and O–H groups in total. The average molecular weight is 263 g/mol. The topological polar surface area (TPSA) is 49.8 Å². The molecule has 1 aromatic rings. The van der Waals surface area contributed by atoms with E-state index >= 15 is 0 Å². The molecule has 0 spiro atoms. The summed E-state index contributed by atoms with van der Waals surface area (Å²) in [6, 6.07) is 9.65. The van der Waals surface area contributed by atoms with E-state index in [1.807, 2.05) is 30.3 Å². The van der Waals surface area contributed by atoms with Crippen molar-refractivity contribution in [3.8, 4) is 0 Å². The predicted molar refractivity (Wildman–Crippen MR) is 72.6 cm³/mol. The summed E-state index contributed by atoms with van der Waals surface area (Å²) in [5.41, 5.74) is 0.986. The van der Waals surface area contributed by atoms with Crippen LogP contribution in [0.1, 0.15) is 25.3 Å². The lowest BCUT2D eigenvalue weighted by atomic mass is 9.94.